The maximum absolute atomic E-state index is 12.9. The number of aromatic nitrogens is 2. The molecule has 5 heteroatoms. The lowest BCUT2D eigenvalue weighted by atomic mass is 9.92. The molecule has 0 radical (unpaired) electrons. The van der Waals surface area contributed by atoms with E-state index in [1.807, 2.05) is 49.2 Å². The van der Waals surface area contributed by atoms with Gasteiger partial charge in [-0.2, -0.15) is 5.10 Å². The summed E-state index contributed by atoms with van der Waals surface area (Å²) in [5.74, 6) is 0.0978. The van der Waals surface area contributed by atoms with E-state index < -0.39 is 0 Å². The Morgan fingerprint density at radius 2 is 2.17 bits per heavy atom. The van der Waals surface area contributed by atoms with E-state index in [2.05, 4.69) is 10.2 Å². The van der Waals surface area contributed by atoms with Crippen LogP contribution in [0.25, 0.3) is 0 Å². The third-order valence-corrected chi connectivity index (χ3v) is 4.72. The molecule has 2 aromatic rings. The first-order chi connectivity index (χ1) is 11.1. The maximum atomic E-state index is 12.9. The number of likely N-dealkylation sites (N-methyl/N-ethyl adjacent to an activating group) is 1. The first-order valence-electron chi connectivity index (χ1n) is 8.27. The van der Waals surface area contributed by atoms with E-state index in [0.29, 0.717) is 6.54 Å². The average Bonchev–Trinajstić information content (AvgIpc) is 3.03. The fourth-order valence-corrected chi connectivity index (χ4v) is 3.33. The molecule has 1 aliphatic carbocycles. The lowest BCUT2D eigenvalue weighted by Crippen LogP contribution is -2.43. The van der Waals surface area contributed by atoms with Gasteiger partial charge < -0.3 is 10.6 Å². The Kier molecular flexibility index (Phi) is 4.48. The van der Waals surface area contributed by atoms with Crippen LogP contribution in [0.2, 0.25) is 0 Å². The number of hydrogen-bond acceptors (Lipinski definition) is 3. The highest BCUT2D eigenvalue weighted by atomic mass is 16.2. The Bertz CT molecular complexity index is 675. The van der Waals surface area contributed by atoms with Gasteiger partial charge in [-0.15, -0.1) is 0 Å². The van der Waals surface area contributed by atoms with Crippen LogP contribution in [0.1, 0.15) is 53.5 Å². The van der Waals surface area contributed by atoms with E-state index in [0.717, 1.165) is 30.4 Å². The van der Waals surface area contributed by atoms with Crippen LogP contribution >= 0.6 is 0 Å². The molecule has 2 atom stereocenters. The van der Waals surface area contributed by atoms with E-state index >= 15 is 0 Å². The number of hydrogen-bond donors (Lipinski definition) is 2. The van der Waals surface area contributed by atoms with E-state index in [1.54, 1.807) is 0 Å². The molecule has 122 valence electrons. The van der Waals surface area contributed by atoms with E-state index in [1.165, 1.54) is 11.3 Å². The van der Waals surface area contributed by atoms with Crippen molar-refractivity contribution < 1.29 is 4.79 Å². The van der Waals surface area contributed by atoms with Crippen LogP contribution < -0.4 is 5.73 Å². The Balaban J connectivity index is 1.76. The molecular weight excluding hydrogens is 288 g/mol. The van der Waals surface area contributed by atoms with Crippen molar-refractivity contribution >= 4 is 5.91 Å². The van der Waals surface area contributed by atoms with Crippen molar-refractivity contribution in [2.75, 3.05) is 6.54 Å². The van der Waals surface area contributed by atoms with Crippen molar-refractivity contribution in [3.8, 4) is 0 Å². The molecular formula is C18H24N4O. The topological polar surface area (TPSA) is 75.0 Å². The van der Waals surface area contributed by atoms with Gasteiger partial charge in [-0.25, -0.2) is 0 Å². The number of nitrogens with two attached hydrogens (primary N) is 1. The summed E-state index contributed by atoms with van der Waals surface area (Å²) in [5.41, 5.74) is 10.1. The molecule has 0 spiro atoms. The van der Waals surface area contributed by atoms with E-state index in [4.69, 9.17) is 5.73 Å². The smallest absolute Gasteiger partial charge is 0.254 e. The molecule has 2 unspecified atom stereocenters. The van der Waals surface area contributed by atoms with Gasteiger partial charge in [-0.1, -0.05) is 12.1 Å². The summed E-state index contributed by atoms with van der Waals surface area (Å²) in [6.45, 7) is 4.70. The van der Waals surface area contributed by atoms with Crippen LogP contribution in [0.15, 0.2) is 30.5 Å². The Labute approximate surface area is 136 Å². The number of nitrogens with zero attached hydrogens (tertiary/aromatic N) is 2. The third-order valence-electron chi connectivity index (χ3n) is 4.72. The molecule has 1 aliphatic rings. The summed E-state index contributed by atoms with van der Waals surface area (Å²) in [4.78, 5) is 14.9. The van der Waals surface area contributed by atoms with Gasteiger partial charge in [0.05, 0.1) is 6.20 Å². The average molecular weight is 312 g/mol. The molecule has 1 aromatic heterocycles. The highest BCUT2D eigenvalue weighted by Gasteiger charge is 2.28. The second kappa shape index (κ2) is 6.54. The van der Waals surface area contributed by atoms with Gasteiger partial charge in [0, 0.05) is 29.9 Å². The molecule has 0 bridgehead atoms. The highest BCUT2D eigenvalue weighted by Crippen LogP contribution is 2.24. The Hall–Kier alpha value is -2.14. The second-order valence-corrected chi connectivity index (χ2v) is 6.27. The molecule has 1 heterocycles. The Morgan fingerprint density at radius 1 is 1.43 bits per heavy atom. The summed E-state index contributed by atoms with van der Waals surface area (Å²) in [6, 6.07) is 7.89. The maximum Gasteiger partial charge on any atom is 0.254 e. The van der Waals surface area contributed by atoms with Crippen molar-refractivity contribution in [3.63, 3.8) is 0 Å². The van der Waals surface area contributed by atoms with Crippen molar-refractivity contribution in [2.24, 2.45) is 5.73 Å². The number of aromatic amines is 1. The van der Waals surface area contributed by atoms with Crippen LogP contribution in [0.4, 0.5) is 0 Å². The number of amides is 1. The summed E-state index contributed by atoms with van der Waals surface area (Å²) in [6.07, 6.45) is 4.70. The van der Waals surface area contributed by atoms with Gasteiger partial charge in [0.15, 0.2) is 0 Å². The van der Waals surface area contributed by atoms with Gasteiger partial charge >= 0.3 is 0 Å². The lowest BCUT2D eigenvalue weighted by Gasteiger charge is -2.33. The predicted molar refractivity (Wildman–Crippen MR) is 90.2 cm³/mol. The van der Waals surface area contributed by atoms with Gasteiger partial charge in [-0.05, 0) is 56.4 Å². The summed E-state index contributed by atoms with van der Waals surface area (Å²) >= 11 is 0. The monoisotopic (exact) mass is 312 g/mol. The standard InChI is InChI=1S/C18H24N4O/c1-3-22(16-8-9-17-15(10-16)11-20-21-17)18(23)14-6-4-13(5-7-14)12(2)19/h4-7,11-12,16H,3,8-10,19H2,1-2H3,(H,20,21). The van der Waals surface area contributed by atoms with Crippen LogP contribution in [0.5, 0.6) is 0 Å². The lowest BCUT2D eigenvalue weighted by molar-refractivity contribution is 0.0674. The van der Waals surface area contributed by atoms with Crippen molar-refractivity contribution in [1.29, 1.82) is 0 Å². The van der Waals surface area contributed by atoms with Gasteiger partial charge in [-0.3, -0.25) is 9.89 Å². The minimum Gasteiger partial charge on any atom is -0.336 e. The molecule has 1 aromatic carbocycles. The highest BCUT2D eigenvalue weighted by molar-refractivity contribution is 5.94. The van der Waals surface area contributed by atoms with Crippen LogP contribution in [0, 0.1) is 0 Å². The molecule has 23 heavy (non-hydrogen) atoms. The van der Waals surface area contributed by atoms with Gasteiger partial charge in [0.25, 0.3) is 5.91 Å². The van der Waals surface area contributed by atoms with Gasteiger partial charge in [0.2, 0.25) is 0 Å². The van der Waals surface area contributed by atoms with Crippen molar-refractivity contribution in [1.82, 2.24) is 15.1 Å². The minimum absolute atomic E-state index is 0.0145. The molecule has 0 fully saturated rings. The molecule has 0 saturated heterocycles. The number of aryl methyl sites for hydroxylation is 1. The zero-order chi connectivity index (χ0) is 16.4. The molecule has 3 rings (SSSR count). The molecule has 0 aliphatic heterocycles. The zero-order valence-corrected chi connectivity index (χ0v) is 13.7. The van der Waals surface area contributed by atoms with Crippen LogP contribution in [0.3, 0.4) is 0 Å². The summed E-state index contributed by atoms with van der Waals surface area (Å²) in [5, 5.41) is 7.16. The Morgan fingerprint density at radius 3 is 2.83 bits per heavy atom. The molecule has 1 amide bonds. The number of carbonyl (C=O) groups is 1. The van der Waals surface area contributed by atoms with Crippen LogP contribution in [-0.4, -0.2) is 33.6 Å². The normalized spacial score (nSPS) is 18.3. The van der Waals surface area contributed by atoms with Crippen LogP contribution in [-0.2, 0) is 12.8 Å². The number of benzene rings is 1. The zero-order valence-electron chi connectivity index (χ0n) is 13.7. The fourth-order valence-electron chi connectivity index (χ4n) is 3.33. The quantitative estimate of drug-likeness (QED) is 0.910. The summed E-state index contributed by atoms with van der Waals surface area (Å²) in [7, 11) is 0. The largest absolute Gasteiger partial charge is 0.336 e. The van der Waals surface area contributed by atoms with E-state index in [-0.39, 0.29) is 18.0 Å². The summed E-state index contributed by atoms with van der Waals surface area (Å²) < 4.78 is 0. The molecule has 3 N–H and O–H groups in total. The number of H-pyrrole nitrogens is 1. The first-order valence-corrected chi connectivity index (χ1v) is 8.27. The van der Waals surface area contributed by atoms with Crippen molar-refractivity contribution in [3.05, 3.63) is 52.8 Å². The minimum atomic E-state index is -0.0145. The SMILES string of the molecule is CCN(C(=O)c1ccc(C(C)N)cc1)C1CCc2[nH]ncc2C1. The number of fused-ring (bicyclic) bond motifs is 1. The number of carbonyl (C=O) groups excluding carboxylic acids is 1. The number of nitrogens with one attached hydrogen (secondary N) is 1. The molecule has 5 nitrogen and oxygen atoms in total. The fraction of sp³-hybridized carbons (Fsp3) is 0.444. The molecule has 0 saturated carbocycles. The second-order valence-electron chi connectivity index (χ2n) is 6.27. The predicted octanol–water partition coefficient (Wildman–Crippen LogP) is 2.45. The van der Waals surface area contributed by atoms with Gasteiger partial charge in [0.1, 0.15) is 0 Å². The van der Waals surface area contributed by atoms with E-state index in [9.17, 15) is 4.79 Å². The number of rotatable bonds is 4. The third kappa shape index (κ3) is 3.15. The first kappa shape index (κ1) is 15.7. The van der Waals surface area contributed by atoms with Crippen molar-refractivity contribution in [2.45, 2.75) is 45.2 Å².